The number of aryl methyl sites for hydroxylation is 2. The van der Waals surface area contributed by atoms with Crippen LogP contribution in [0.5, 0.6) is 0 Å². The average molecular weight is 538 g/mol. The number of thioether (sulfide) groups is 1. The number of rotatable bonds is 8. The maximum absolute atomic E-state index is 13.5. The van der Waals surface area contributed by atoms with Crippen molar-refractivity contribution >= 4 is 34.8 Å². The lowest BCUT2D eigenvalue weighted by Gasteiger charge is -2.38. The van der Waals surface area contributed by atoms with E-state index in [2.05, 4.69) is 12.6 Å². The van der Waals surface area contributed by atoms with Crippen molar-refractivity contribution in [3.8, 4) is 0 Å². The first-order chi connectivity index (χ1) is 18.2. The van der Waals surface area contributed by atoms with Crippen LogP contribution in [0.1, 0.15) is 55.8 Å². The van der Waals surface area contributed by atoms with Gasteiger partial charge in [0.15, 0.2) is 5.17 Å². The molecule has 0 saturated carbocycles. The van der Waals surface area contributed by atoms with Gasteiger partial charge in [0.2, 0.25) is 5.91 Å². The van der Waals surface area contributed by atoms with Crippen LogP contribution in [0.15, 0.2) is 58.2 Å². The van der Waals surface area contributed by atoms with Gasteiger partial charge in [0.1, 0.15) is 6.61 Å². The standard InChI is InChI=1S/C29H35N3O5S/c1-6-13-37-28(35)25-20(5)30-29-32(26(25)23-11-10-18(3)14-19(23)4)22(17-38-29)15-24(33)31-12-8-9-21(16-31)27(34)36-7-2/h6,10-11,14,17,21,26H,1,7-9,12-13,15-16H2,2-5H3/t21-,26+/m1/s1. The van der Waals surface area contributed by atoms with Gasteiger partial charge in [0, 0.05) is 18.8 Å². The zero-order chi connectivity index (χ0) is 27.4. The summed E-state index contributed by atoms with van der Waals surface area (Å²) in [5, 5.41) is 2.66. The van der Waals surface area contributed by atoms with Gasteiger partial charge in [-0.2, -0.15) is 0 Å². The average Bonchev–Trinajstić information content (AvgIpc) is 3.28. The van der Waals surface area contributed by atoms with Crippen LogP contribution in [0.2, 0.25) is 0 Å². The van der Waals surface area contributed by atoms with E-state index >= 15 is 0 Å². The van der Waals surface area contributed by atoms with Crippen molar-refractivity contribution in [2.75, 3.05) is 26.3 Å². The molecule has 3 aliphatic rings. The Labute approximate surface area is 228 Å². The number of carbonyl (C=O) groups excluding carboxylic acids is 3. The molecule has 0 aromatic heterocycles. The molecule has 0 spiro atoms. The number of benzene rings is 1. The van der Waals surface area contributed by atoms with Crippen molar-refractivity contribution in [1.82, 2.24) is 9.80 Å². The predicted octanol–water partition coefficient (Wildman–Crippen LogP) is 4.80. The third kappa shape index (κ3) is 5.72. The van der Waals surface area contributed by atoms with Gasteiger partial charge in [-0.3, -0.25) is 9.59 Å². The number of ether oxygens (including phenoxy) is 2. The van der Waals surface area contributed by atoms with E-state index in [9.17, 15) is 14.4 Å². The molecule has 2 atom stereocenters. The second kappa shape index (κ2) is 12.0. The SMILES string of the molecule is C=CCOC(=O)C1=C(C)N=C2SC=C(CC(=O)N3CCC[C@@H](C(=O)OCC)C3)N2[C@H]1c1ccc(C)cc1C. The smallest absolute Gasteiger partial charge is 0.338 e. The molecule has 4 rings (SSSR count). The van der Waals surface area contributed by atoms with Gasteiger partial charge in [-0.1, -0.05) is 48.2 Å². The highest BCUT2D eigenvalue weighted by Crippen LogP contribution is 2.45. The molecule has 1 aromatic rings. The molecule has 3 heterocycles. The summed E-state index contributed by atoms with van der Waals surface area (Å²) in [7, 11) is 0. The van der Waals surface area contributed by atoms with Crippen molar-refractivity contribution in [2.24, 2.45) is 10.9 Å². The molecule has 1 fully saturated rings. The van der Waals surface area contributed by atoms with Gasteiger partial charge in [0.05, 0.1) is 36.3 Å². The maximum Gasteiger partial charge on any atom is 0.338 e. The Morgan fingerprint density at radius 1 is 1.21 bits per heavy atom. The van der Waals surface area contributed by atoms with E-state index in [1.54, 1.807) is 11.8 Å². The fourth-order valence-corrected chi connectivity index (χ4v) is 6.16. The van der Waals surface area contributed by atoms with Crippen LogP contribution in [-0.2, 0) is 23.9 Å². The van der Waals surface area contributed by atoms with E-state index in [0.29, 0.717) is 31.0 Å². The summed E-state index contributed by atoms with van der Waals surface area (Å²) in [6, 6.07) is 5.66. The third-order valence-electron chi connectivity index (χ3n) is 7.00. The quantitative estimate of drug-likeness (QED) is 0.348. The largest absolute Gasteiger partial charge is 0.466 e. The van der Waals surface area contributed by atoms with Gasteiger partial charge in [-0.05, 0) is 57.1 Å². The number of amides is 1. The Bertz CT molecular complexity index is 1230. The minimum Gasteiger partial charge on any atom is -0.466 e. The summed E-state index contributed by atoms with van der Waals surface area (Å²) in [6.07, 6.45) is 3.15. The van der Waals surface area contributed by atoms with E-state index in [1.165, 1.54) is 17.8 Å². The van der Waals surface area contributed by atoms with Crippen LogP contribution in [0, 0.1) is 19.8 Å². The van der Waals surface area contributed by atoms with Crippen LogP contribution in [-0.4, -0.2) is 59.1 Å². The molecule has 9 heteroatoms. The van der Waals surface area contributed by atoms with Gasteiger partial charge in [-0.15, -0.1) is 0 Å². The van der Waals surface area contributed by atoms with Gasteiger partial charge in [-0.25, -0.2) is 9.79 Å². The molecule has 0 bridgehead atoms. The van der Waals surface area contributed by atoms with Crippen molar-refractivity contribution in [3.05, 3.63) is 69.9 Å². The van der Waals surface area contributed by atoms with Gasteiger partial charge < -0.3 is 19.3 Å². The molecule has 1 aromatic carbocycles. The number of piperidine rings is 1. The minimum atomic E-state index is -0.483. The van der Waals surface area contributed by atoms with E-state index in [0.717, 1.165) is 40.4 Å². The molecule has 0 aliphatic carbocycles. The number of aliphatic imine (C=N–C) groups is 1. The van der Waals surface area contributed by atoms with E-state index in [4.69, 9.17) is 14.5 Å². The molecule has 202 valence electrons. The number of esters is 2. The molecular formula is C29H35N3O5S. The van der Waals surface area contributed by atoms with Crippen molar-refractivity contribution < 1.29 is 23.9 Å². The molecule has 1 saturated heterocycles. The molecule has 0 unspecified atom stereocenters. The molecule has 0 radical (unpaired) electrons. The first kappa shape index (κ1) is 27.7. The highest BCUT2D eigenvalue weighted by Gasteiger charge is 2.42. The molecular weight excluding hydrogens is 502 g/mol. The van der Waals surface area contributed by atoms with Crippen molar-refractivity contribution in [2.45, 2.75) is 53.0 Å². The normalized spacial score (nSPS) is 20.9. The number of hydrogen-bond acceptors (Lipinski definition) is 8. The summed E-state index contributed by atoms with van der Waals surface area (Å²) in [5.74, 6) is -1.06. The van der Waals surface area contributed by atoms with E-state index in [1.807, 2.05) is 43.2 Å². The Hall–Kier alpha value is -3.33. The Morgan fingerprint density at radius 2 is 2.00 bits per heavy atom. The second-order valence-electron chi connectivity index (χ2n) is 9.75. The summed E-state index contributed by atoms with van der Waals surface area (Å²) in [4.78, 5) is 47.5. The molecule has 38 heavy (non-hydrogen) atoms. The summed E-state index contributed by atoms with van der Waals surface area (Å²) in [5.41, 5.74) is 4.92. The third-order valence-corrected chi connectivity index (χ3v) is 7.89. The summed E-state index contributed by atoms with van der Waals surface area (Å²) < 4.78 is 10.7. The number of nitrogens with zero attached hydrogens (tertiary/aromatic N) is 3. The maximum atomic E-state index is 13.5. The first-order valence-electron chi connectivity index (χ1n) is 13.0. The Morgan fingerprint density at radius 3 is 2.71 bits per heavy atom. The fraction of sp³-hybridized carbons (Fsp3) is 0.448. The Balaban J connectivity index is 1.63. The fourth-order valence-electron chi connectivity index (χ4n) is 5.19. The van der Waals surface area contributed by atoms with Crippen LogP contribution in [0.25, 0.3) is 0 Å². The lowest BCUT2D eigenvalue weighted by Crippen LogP contribution is -2.44. The molecule has 0 N–H and O–H groups in total. The van der Waals surface area contributed by atoms with Crippen LogP contribution < -0.4 is 0 Å². The van der Waals surface area contributed by atoms with E-state index < -0.39 is 12.0 Å². The highest BCUT2D eigenvalue weighted by molar-refractivity contribution is 8.16. The number of fused-ring (bicyclic) bond motifs is 1. The minimum absolute atomic E-state index is 0.0615. The number of carbonyl (C=O) groups is 3. The lowest BCUT2D eigenvalue weighted by atomic mass is 9.90. The van der Waals surface area contributed by atoms with Crippen LogP contribution >= 0.6 is 11.8 Å². The van der Waals surface area contributed by atoms with Crippen molar-refractivity contribution in [1.29, 1.82) is 0 Å². The molecule has 1 amide bonds. The van der Waals surface area contributed by atoms with Crippen molar-refractivity contribution in [3.63, 3.8) is 0 Å². The van der Waals surface area contributed by atoms with Gasteiger partial charge >= 0.3 is 11.9 Å². The highest BCUT2D eigenvalue weighted by atomic mass is 32.2. The zero-order valence-electron chi connectivity index (χ0n) is 22.5. The summed E-state index contributed by atoms with van der Waals surface area (Å²) in [6.45, 7) is 12.7. The van der Waals surface area contributed by atoms with Crippen LogP contribution in [0.3, 0.4) is 0 Å². The zero-order valence-corrected chi connectivity index (χ0v) is 23.3. The number of hydrogen-bond donors (Lipinski definition) is 0. The number of amidine groups is 1. The number of likely N-dealkylation sites (tertiary alicyclic amines) is 1. The second-order valence-corrected chi connectivity index (χ2v) is 10.6. The first-order valence-corrected chi connectivity index (χ1v) is 13.9. The molecule has 8 nitrogen and oxygen atoms in total. The lowest BCUT2D eigenvalue weighted by molar-refractivity contribution is -0.151. The topological polar surface area (TPSA) is 88.5 Å². The Kier molecular flexibility index (Phi) is 8.76. The molecule has 3 aliphatic heterocycles. The predicted molar refractivity (Wildman–Crippen MR) is 148 cm³/mol. The number of allylic oxidation sites excluding steroid dienone is 1. The van der Waals surface area contributed by atoms with E-state index in [-0.39, 0.29) is 30.8 Å². The van der Waals surface area contributed by atoms with Gasteiger partial charge in [0.25, 0.3) is 0 Å². The van der Waals surface area contributed by atoms with Crippen LogP contribution in [0.4, 0.5) is 0 Å². The monoisotopic (exact) mass is 537 g/mol. The summed E-state index contributed by atoms with van der Waals surface area (Å²) >= 11 is 1.44.